The van der Waals surface area contributed by atoms with Gasteiger partial charge in [0.2, 0.25) is 16.2 Å². The molecular weight excluding hydrogens is 1720 g/mol. The van der Waals surface area contributed by atoms with Crippen LogP contribution in [0.1, 0.15) is 123 Å². The zero-order chi connectivity index (χ0) is 93.1. The van der Waals surface area contributed by atoms with Gasteiger partial charge in [0.25, 0.3) is 29.5 Å². The van der Waals surface area contributed by atoms with Crippen molar-refractivity contribution in [2.45, 2.75) is 60.2 Å². The van der Waals surface area contributed by atoms with E-state index in [2.05, 4.69) is 10.6 Å². The van der Waals surface area contributed by atoms with Crippen molar-refractivity contribution < 1.29 is 163 Å². The normalized spacial score (nSPS) is 12.2. The summed E-state index contributed by atoms with van der Waals surface area (Å²) in [5.74, 6) is -15.0. The first-order chi connectivity index (χ1) is 58.7. The van der Waals surface area contributed by atoms with E-state index in [1.54, 1.807) is 0 Å². The predicted molar refractivity (Wildman–Crippen MR) is 413 cm³/mol. The van der Waals surface area contributed by atoms with E-state index >= 15 is 52.7 Å². The molecule has 11 aromatic rings. The molecule has 0 bridgehead atoms. The molecule has 0 aliphatic heterocycles. The lowest BCUT2D eigenvalue weighted by Crippen LogP contribution is -2.54. The number of phenolic OH excluding ortho intramolecular Hbond substituents is 6. The number of carbonyl (C=O) groups is 8. The van der Waals surface area contributed by atoms with Crippen LogP contribution in [0.25, 0.3) is 0 Å². The van der Waals surface area contributed by atoms with Crippen LogP contribution in [0.2, 0.25) is 0 Å². The third-order valence-electron chi connectivity index (χ3n) is 19.4. The number of phenols is 6. The van der Waals surface area contributed by atoms with Crippen LogP contribution in [0.4, 0.5) is 113 Å². The standard InChI is InChI=1S/C47H32F12N4O9.C38H26F6N2O8/c1-60-30-18-24(9-13-34(30)64)42(44(48,49)50,45(51,52)53)25-10-14-35(65)31(19-25)61-38(68)22-5-4-6-23(17-22)39(69)62-32-20-26(11-15-36(32)66)43(46(54,55)56,47(57,58)59)27-12-16-37(67)33(21-27)63-40(70)28-7-2-3-8-29(28)41(71)72;1-20(47)21-6-12-25(13-7-21)54-26-14-8-22(9-15-26)33(50)45-29-18-23(10-16-31(29)48)36(37(39,40)41,38(42,43)44)24-11-17-32(49)30(19-24)46-34(51)27-4-2-3-5-28(27)35(52)53/h2-21,60,64-67H,1H3,(H,61,68)(H,62,69)(H,63,70)(H,71,72);2-19,48-49H,1H3,(H,45,50)(H,46,51)(H,52,53). The molecule has 0 aromatic heterocycles. The highest BCUT2D eigenvalue weighted by atomic mass is 19.4. The second-order valence-electron chi connectivity index (χ2n) is 27.1. The maximum Gasteiger partial charge on any atom is 0.411 e. The number of Topliss-reactive ketones (excluding diaryl/α,β-unsaturated/α-hetero) is 1. The third kappa shape index (κ3) is 18.2. The van der Waals surface area contributed by atoms with Gasteiger partial charge in [-0.15, -0.1) is 0 Å². The van der Waals surface area contributed by atoms with Crippen LogP contribution in [0.5, 0.6) is 46.0 Å². The highest BCUT2D eigenvalue weighted by Gasteiger charge is 2.75. The molecule has 41 heteroatoms. The quantitative estimate of drug-likeness (QED) is 0.0170. The molecule has 0 saturated heterocycles. The predicted octanol–water partition coefficient (Wildman–Crippen LogP) is 19.5. The topological polar surface area (TPSA) is 380 Å². The van der Waals surface area contributed by atoms with Gasteiger partial charge in [0.1, 0.15) is 46.0 Å². The number of hydrogen-bond donors (Lipinski definition) is 14. The number of carboxylic acid groups (broad SMARTS) is 2. The molecule has 23 nitrogen and oxygen atoms in total. The number of aromatic hydroxyl groups is 6. The maximum atomic E-state index is 15.3. The Morgan fingerprint density at radius 3 is 0.738 bits per heavy atom. The smallest absolute Gasteiger partial charge is 0.411 e. The number of carboxylic acids is 2. The molecule has 0 radical (unpaired) electrons. The van der Waals surface area contributed by atoms with E-state index in [9.17, 15) is 106 Å². The van der Waals surface area contributed by atoms with Gasteiger partial charge >= 0.3 is 49.0 Å². The Bertz CT molecular complexity index is 6050. The molecule has 0 aliphatic rings. The number of rotatable bonds is 22. The third-order valence-corrected chi connectivity index (χ3v) is 19.4. The Morgan fingerprint density at radius 1 is 0.262 bits per heavy atom. The molecule has 0 saturated carbocycles. The zero-order valence-electron chi connectivity index (χ0n) is 63.5. The fraction of sp³-hybridized carbons (Fsp3) is 0.129. The van der Waals surface area contributed by atoms with E-state index < -0.39 is 230 Å². The molecule has 0 aliphatic carbocycles. The van der Waals surface area contributed by atoms with Gasteiger partial charge in [0, 0.05) is 29.3 Å². The number of anilines is 6. The first-order valence-electron chi connectivity index (χ1n) is 35.5. The molecule has 5 amide bonds. The molecule has 126 heavy (non-hydrogen) atoms. The van der Waals surface area contributed by atoms with Crippen LogP contribution >= 0.6 is 0 Å². The Balaban J connectivity index is 0.000000274. The van der Waals surface area contributed by atoms with Crippen molar-refractivity contribution in [3.05, 3.63) is 308 Å². The fourth-order valence-corrected chi connectivity index (χ4v) is 13.3. The lowest BCUT2D eigenvalue weighted by atomic mass is 9.72. The summed E-state index contributed by atoms with van der Waals surface area (Å²) >= 11 is 0. The van der Waals surface area contributed by atoms with E-state index in [0.717, 1.165) is 49.5 Å². The van der Waals surface area contributed by atoms with Gasteiger partial charge < -0.3 is 77.5 Å². The van der Waals surface area contributed by atoms with Gasteiger partial charge in [-0.1, -0.05) is 66.7 Å². The second-order valence-corrected chi connectivity index (χ2v) is 27.1. The van der Waals surface area contributed by atoms with Gasteiger partial charge in [-0.2, -0.15) is 79.0 Å². The molecule has 11 rings (SSSR count). The largest absolute Gasteiger partial charge is 0.506 e. The first kappa shape index (κ1) is 92.8. The van der Waals surface area contributed by atoms with Crippen molar-refractivity contribution in [1.29, 1.82) is 0 Å². The maximum absolute atomic E-state index is 15.3. The Morgan fingerprint density at radius 2 is 0.492 bits per heavy atom. The van der Waals surface area contributed by atoms with Crippen LogP contribution in [-0.4, -0.2) is 132 Å². The van der Waals surface area contributed by atoms with E-state index in [1.165, 1.54) is 79.7 Å². The van der Waals surface area contributed by atoms with Crippen molar-refractivity contribution in [1.82, 2.24) is 0 Å². The molecule has 0 spiro atoms. The van der Waals surface area contributed by atoms with Gasteiger partial charge in [-0.25, -0.2) is 9.59 Å². The summed E-state index contributed by atoms with van der Waals surface area (Å²) in [5, 5.41) is 93.3. The number of halogens is 18. The molecule has 14 N–H and O–H groups in total. The van der Waals surface area contributed by atoms with Crippen molar-refractivity contribution in [2.24, 2.45) is 0 Å². The SMILES string of the molecule is CC(=O)c1ccc(Oc2ccc(C(=O)Nc3cc(C(c4ccc(O)c(NC(=O)c5ccccc5C(=O)O)c4)(C(F)(F)F)C(F)(F)F)ccc3O)cc2)cc1.CNc1cc(C(c2ccc(O)c(NC(=O)c3cccc(C(=O)Nc4cc(C(c5ccc(O)c(NC(=O)c6ccccc6C(=O)O)c5)(C(F)(F)F)C(F)(F)F)ccc4O)c3)c2)(C(F)(F)F)C(F)(F)F)ccc1O. The monoisotopic (exact) mass is 1780 g/mol. The van der Waals surface area contributed by atoms with E-state index in [-0.39, 0.29) is 59.6 Å². The number of hydrogen-bond acceptors (Lipinski definition) is 16. The number of carbonyl (C=O) groups excluding carboxylic acids is 6. The zero-order valence-corrected chi connectivity index (χ0v) is 63.5. The Hall–Kier alpha value is -15.5. The van der Waals surface area contributed by atoms with E-state index in [0.29, 0.717) is 84.1 Å². The fourth-order valence-electron chi connectivity index (χ4n) is 13.3. The summed E-state index contributed by atoms with van der Waals surface area (Å²) in [6.07, 6.45) is -37.4. The van der Waals surface area contributed by atoms with Crippen molar-refractivity contribution in [3.8, 4) is 46.0 Å². The van der Waals surface area contributed by atoms with Gasteiger partial charge in [-0.05, 0) is 204 Å². The summed E-state index contributed by atoms with van der Waals surface area (Å²) in [5.41, 5.74) is -32.9. The highest BCUT2D eigenvalue weighted by molar-refractivity contribution is 6.13. The minimum absolute atomic E-state index is 0.0917. The number of ketones is 1. The Kier molecular flexibility index (Phi) is 25.9. The molecule has 0 heterocycles. The van der Waals surface area contributed by atoms with Crippen LogP contribution in [0, 0.1) is 0 Å². The van der Waals surface area contributed by atoms with Crippen LogP contribution in [-0.2, 0) is 16.2 Å². The molecule has 0 fully saturated rings. The molecule has 656 valence electrons. The second kappa shape index (κ2) is 35.2. The first-order valence-corrected chi connectivity index (χ1v) is 35.5. The van der Waals surface area contributed by atoms with Crippen molar-refractivity contribution >= 4 is 81.4 Å². The lowest BCUT2D eigenvalue weighted by Gasteiger charge is -2.38. The average Bonchev–Trinajstić information content (AvgIpc) is 0.721. The number of benzene rings is 11. The van der Waals surface area contributed by atoms with Gasteiger partial charge in [0.15, 0.2) is 5.78 Å². The Labute approximate surface area is 695 Å². The van der Waals surface area contributed by atoms with Gasteiger partial charge in [-0.3, -0.25) is 28.8 Å². The van der Waals surface area contributed by atoms with Crippen LogP contribution in [0.15, 0.2) is 231 Å². The summed E-state index contributed by atoms with van der Waals surface area (Å²) in [6, 6.07) is 29.6. The van der Waals surface area contributed by atoms with Crippen LogP contribution in [0.3, 0.4) is 0 Å². The van der Waals surface area contributed by atoms with Crippen LogP contribution < -0.4 is 36.6 Å². The molecular formula is C85H58F18N6O17. The minimum Gasteiger partial charge on any atom is -0.506 e. The summed E-state index contributed by atoms with van der Waals surface area (Å²) < 4.78 is 277. The van der Waals surface area contributed by atoms with E-state index in [4.69, 9.17) is 4.74 Å². The summed E-state index contributed by atoms with van der Waals surface area (Å²) in [4.78, 5) is 101. The number of amides is 5. The number of aromatic carboxylic acids is 2. The molecule has 0 atom stereocenters. The minimum atomic E-state index is -6.35. The highest BCUT2D eigenvalue weighted by Crippen LogP contribution is 2.61. The summed E-state index contributed by atoms with van der Waals surface area (Å²) in [6.45, 7) is 1.39. The number of ether oxygens (including phenoxy) is 1. The van der Waals surface area contributed by atoms with Crippen molar-refractivity contribution in [2.75, 3.05) is 38.9 Å². The molecule has 11 aromatic carbocycles. The molecule has 0 unspecified atom stereocenters. The average molecular weight is 1780 g/mol. The summed E-state index contributed by atoms with van der Waals surface area (Å²) in [7, 11) is 1.10. The van der Waals surface area contributed by atoms with E-state index in [1.807, 2.05) is 21.3 Å². The number of alkyl halides is 18. The van der Waals surface area contributed by atoms with Gasteiger partial charge in [0.05, 0.1) is 56.4 Å². The number of nitrogens with one attached hydrogen (secondary N) is 6. The van der Waals surface area contributed by atoms with Crippen molar-refractivity contribution in [3.63, 3.8) is 0 Å². The lowest BCUT2D eigenvalue weighted by molar-refractivity contribution is -0.290.